The van der Waals surface area contributed by atoms with Crippen LogP contribution in [0.4, 0.5) is 5.69 Å². The number of hydrogen-bond donors (Lipinski definition) is 2. The number of halogens is 1. The zero-order chi connectivity index (χ0) is 14.0. The first-order valence-electron chi connectivity index (χ1n) is 5.75. The Hall–Kier alpha value is -1.88. The standard InChI is InChI=1S/C14H13BrN2O2/c1-8-4-3-5-11(13(8)15)17-14(19)10-7-16-9(2)6-12(10)18/h3-7H,1-2H3,(H,16,18)(H,17,19). The Kier molecular flexibility index (Phi) is 3.85. The number of rotatable bonds is 2. The Balaban J connectivity index is 2.31. The van der Waals surface area contributed by atoms with E-state index < -0.39 is 5.91 Å². The zero-order valence-corrected chi connectivity index (χ0v) is 12.2. The van der Waals surface area contributed by atoms with Crippen molar-refractivity contribution in [2.75, 3.05) is 5.32 Å². The lowest BCUT2D eigenvalue weighted by molar-refractivity contribution is 0.102. The van der Waals surface area contributed by atoms with Gasteiger partial charge in [-0.05, 0) is 41.4 Å². The molecule has 0 atom stereocenters. The molecule has 2 aromatic rings. The molecule has 0 saturated carbocycles. The third-order valence-electron chi connectivity index (χ3n) is 2.74. The number of aromatic nitrogens is 1. The van der Waals surface area contributed by atoms with E-state index in [1.807, 2.05) is 19.1 Å². The summed E-state index contributed by atoms with van der Waals surface area (Å²) < 4.78 is 0.812. The number of hydrogen-bond acceptors (Lipinski definition) is 2. The molecule has 1 amide bonds. The lowest BCUT2D eigenvalue weighted by atomic mass is 10.2. The van der Waals surface area contributed by atoms with Crippen LogP contribution in [0.3, 0.4) is 0 Å². The van der Waals surface area contributed by atoms with Gasteiger partial charge in [-0.3, -0.25) is 9.59 Å². The first-order chi connectivity index (χ1) is 8.99. The molecule has 19 heavy (non-hydrogen) atoms. The van der Waals surface area contributed by atoms with E-state index >= 15 is 0 Å². The summed E-state index contributed by atoms with van der Waals surface area (Å²) >= 11 is 3.41. The Morgan fingerprint density at radius 2 is 2.05 bits per heavy atom. The lowest BCUT2D eigenvalue weighted by Crippen LogP contribution is -2.21. The Bertz CT molecular complexity index is 692. The van der Waals surface area contributed by atoms with Crippen molar-refractivity contribution in [3.05, 3.63) is 62.0 Å². The molecule has 0 spiro atoms. The molecule has 0 aliphatic rings. The number of anilines is 1. The van der Waals surface area contributed by atoms with Crippen molar-refractivity contribution in [2.45, 2.75) is 13.8 Å². The van der Waals surface area contributed by atoms with E-state index in [9.17, 15) is 9.59 Å². The molecule has 98 valence electrons. The summed E-state index contributed by atoms with van der Waals surface area (Å²) in [7, 11) is 0. The molecule has 0 bridgehead atoms. The number of aryl methyl sites for hydroxylation is 2. The van der Waals surface area contributed by atoms with Gasteiger partial charge < -0.3 is 10.3 Å². The number of carbonyl (C=O) groups is 1. The van der Waals surface area contributed by atoms with E-state index in [0.29, 0.717) is 5.69 Å². The van der Waals surface area contributed by atoms with E-state index in [4.69, 9.17) is 0 Å². The largest absolute Gasteiger partial charge is 0.364 e. The van der Waals surface area contributed by atoms with Crippen molar-refractivity contribution >= 4 is 27.5 Å². The number of nitrogens with one attached hydrogen (secondary N) is 2. The molecule has 0 fully saturated rings. The minimum absolute atomic E-state index is 0.0963. The van der Waals surface area contributed by atoms with Gasteiger partial charge >= 0.3 is 0 Å². The fourth-order valence-corrected chi connectivity index (χ4v) is 2.05. The van der Waals surface area contributed by atoms with Gasteiger partial charge in [-0.2, -0.15) is 0 Å². The highest BCUT2D eigenvalue weighted by Crippen LogP contribution is 2.25. The minimum Gasteiger partial charge on any atom is -0.364 e. The monoisotopic (exact) mass is 320 g/mol. The van der Waals surface area contributed by atoms with Gasteiger partial charge in [-0.15, -0.1) is 0 Å². The molecule has 2 N–H and O–H groups in total. The maximum absolute atomic E-state index is 12.1. The van der Waals surface area contributed by atoms with Crippen molar-refractivity contribution in [1.82, 2.24) is 4.98 Å². The van der Waals surface area contributed by atoms with Gasteiger partial charge in [-0.25, -0.2) is 0 Å². The molecule has 0 saturated heterocycles. The molecule has 5 heteroatoms. The van der Waals surface area contributed by atoms with E-state index in [1.54, 1.807) is 13.0 Å². The van der Waals surface area contributed by atoms with Crippen molar-refractivity contribution in [3.63, 3.8) is 0 Å². The van der Waals surface area contributed by atoms with Gasteiger partial charge in [0.1, 0.15) is 5.56 Å². The number of pyridine rings is 1. The fourth-order valence-electron chi connectivity index (χ4n) is 1.68. The smallest absolute Gasteiger partial charge is 0.261 e. The highest BCUT2D eigenvalue weighted by Gasteiger charge is 2.12. The van der Waals surface area contributed by atoms with Crippen LogP contribution in [0.1, 0.15) is 21.6 Å². The van der Waals surface area contributed by atoms with Crippen molar-refractivity contribution in [3.8, 4) is 0 Å². The van der Waals surface area contributed by atoms with Crippen LogP contribution in [0.25, 0.3) is 0 Å². The predicted octanol–water partition coefficient (Wildman–Crippen LogP) is 3.01. The third kappa shape index (κ3) is 2.93. The molecule has 0 unspecified atom stereocenters. The number of benzene rings is 1. The molecular formula is C14H13BrN2O2. The number of H-pyrrole nitrogens is 1. The quantitative estimate of drug-likeness (QED) is 0.893. The Morgan fingerprint density at radius 1 is 1.32 bits per heavy atom. The van der Waals surface area contributed by atoms with Crippen LogP contribution >= 0.6 is 15.9 Å². The summed E-state index contributed by atoms with van der Waals surface area (Å²) in [6.07, 6.45) is 1.43. The first-order valence-corrected chi connectivity index (χ1v) is 6.54. The third-order valence-corrected chi connectivity index (χ3v) is 3.79. The highest BCUT2D eigenvalue weighted by molar-refractivity contribution is 9.10. The van der Waals surface area contributed by atoms with Gasteiger partial charge in [0.25, 0.3) is 5.91 Å². The van der Waals surface area contributed by atoms with E-state index in [1.165, 1.54) is 12.3 Å². The number of aromatic amines is 1. The van der Waals surface area contributed by atoms with Gasteiger partial charge in [0, 0.05) is 22.4 Å². The second-order valence-electron chi connectivity index (χ2n) is 4.28. The van der Waals surface area contributed by atoms with Crippen LogP contribution in [0, 0.1) is 13.8 Å². The van der Waals surface area contributed by atoms with Crippen LogP contribution in [0.5, 0.6) is 0 Å². The van der Waals surface area contributed by atoms with Gasteiger partial charge in [0.15, 0.2) is 5.43 Å². The van der Waals surface area contributed by atoms with E-state index in [-0.39, 0.29) is 11.0 Å². The molecule has 0 radical (unpaired) electrons. The average molecular weight is 321 g/mol. The van der Waals surface area contributed by atoms with Crippen LogP contribution in [-0.4, -0.2) is 10.9 Å². The average Bonchev–Trinajstić information content (AvgIpc) is 2.34. The minimum atomic E-state index is -0.424. The van der Waals surface area contributed by atoms with Crippen molar-refractivity contribution in [2.24, 2.45) is 0 Å². The van der Waals surface area contributed by atoms with E-state index in [2.05, 4.69) is 26.2 Å². The predicted molar refractivity (Wildman–Crippen MR) is 78.6 cm³/mol. The second-order valence-corrected chi connectivity index (χ2v) is 5.08. The maximum atomic E-state index is 12.1. The molecule has 0 aliphatic carbocycles. The maximum Gasteiger partial charge on any atom is 0.261 e. The summed E-state index contributed by atoms with van der Waals surface area (Å²) in [5.41, 5.74) is 2.18. The first kappa shape index (κ1) is 13.5. The van der Waals surface area contributed by atoms with Crippen LogP contribution in [0.15, 0.2) is 39.7 Å². The number of amides is 1. The van der Waals surface area contributed by atoms with Gasteiger partial charge in [0.05, 0.1) is 5.69 Å². The zero-order valence-electron chi connectivity index (χ0n) is 10.6. The Morgan fingerprint density at radius 3 is 2.74 bits per heavy atom. The summed E-state index contributed by atoms with van der Waals surface area (Å²) in [5, 5.41) is 2.72. The van der Waals surface area contributed by atoms with Crippen LogP contribution < -0.4 is 10.7 Å². The SMILES string of the molecule is Cc1cc(=O)c(C(=O)Nc2cccc(C)c2Br)c[nH]1. The van der Waals surface area contributed by atoms with E-state index in [0.717, 1.165) is 15.7 Å². The normalized spacial score (nSPS) is 10.3. The molecular weight excluding hydrogens is 308 g/mol. The Labute approximate surface area is 119 Å². The van der Waals surface area contributed by atoms with Crippen molar-refractivity contribution < 1.29 is 4.79 Å². The second kappa shape index (κ2) is 5.40. The van der Waals surface area contributed by atoms with Gasteiger partial charge in [0.2, 0.25) is 0 Å². The number of carbonyl (C=O) groups excluding carboxylic acids is 1. The summed E-state index contributed by atoms with van der Waals surface area (Å²) in [6, 6.07) is 6.95. The van der Waals surface area contributed by atoms with Crippen LogP contribution in [0.2, 0.25) is 0 Å². The highest BCUT2D eigenvalue weighted by atomic mass is 79.9. The fraction of sp³-hybridized carbons (Fsp3) is 0.143. The summed E-state index contributed by atoms with van der Waals surface area (Å²) in [4.78, 5) is 26.6. The molecule has 1 aromatic heterocycles. The molecule has 1 heterocycles. The topological polar surface area (TPSA) is 62.0 Å². The summed E-state index contributed by atoms with van der Waals surface area (Å²) in [5.74, 6) is -0.424. The lowest BCUT2D eigenvalue weighted by Gasteiger charge is -2.08. The summed E-state index contributed by atoms with van der Waals surface area (Å²) in [6.45, 7) is 3.69. The van der Waals surface area contributed by atoms with Crippen molar-refractivity contribution in [1.29, 1.82) is 0 Å². The molecule has 2 rings (SSSR count). The van der Waals surface area contributed by atoms with Gasteiger partial charge in [-0.1, -0.05) is 12.1 Å². The molecule has 1 aromatic carbocycles. The molecule has 0 aliphatic heterocycles. The molecule has 4 nitrogen and oxygen atoms in total. The van der Waals surface area contributed by atoms with Crippen LogP contribution in [-0.2, 0) is 0 Å².